The van der Waals surface area contributed by atoms with E-state index < -0.39 is 0 Å². The molecule has 0 aliphatic carbocycles. The summed E-state index contributed by atoms with van der Waals surface area (Å²) in [6.45, 7) is -0.0276. The van der Waals surface area contributed by atoms with Crippen molar-refractivity contribution in [1.82, 2.24) is 0 Å². The number of anilines is 1. The van der Waals surface area contributed by atoms with Crippen LogP contribution < -0.4 is 4.90 Å². The van der Waals surface area contributed by atoms with Crippen LogP contribution in [0.15, 0.2) is 60.7 Å². The van der Waals surface area contributed by atoms with Crippen molar-refractivity contribution < 1.29 is 9.90 Å². The molecule has 3 rings (SSSR count). The van der Waals surface area contributed by atoms with Gasteiger partial charge >= 0.3 is 0 Å². The Morgan fingerprint density at radius 2 is 1.60 bits per heavy atom. The molecule has 102 valence electrons. The molecule has 1 amide bonds. The van der Waals surface area contributed by atoms with Crippen molar-refractivity contribution in [3.05, 3.63) is 66.2 Å². The fourth-order valence-corrected chi connectivity index (χ4v) is 2.96. The van der Waals surface area contributed by atoms with Crippen molar-refractivity contribution in [1.29, 1.82) is 0 Å². The fraction of sp³-hybridized carbons (Fsp3) is 0.235. The molecule has 3 heteroatoms. The minimum absolute atomic E-state index is 0.0276. The lowest BCUT2D eigenvalue weighted by Crippen LogP contribution is -2.37. The Labute approximate surface area is 118 Å². The Morgan fingerprint density at radius 3 is 2.20 bits per heavy atom. The number of benzene rings is 2. The van der Waals surface area contributed by atoms with Crippen LogP contribution in [0.25, 0.3) is 0 Å². The first-order chi connectivity index (χ1) is 9.81. The van der Waals surface area contributed by atoms with Crippen molar-refractivity contribution in [2.45, 2.75) is 18.4 Å². The second-order valence-corrected chi connectivity index (χ2v) is 5.07. The highest BCUT2D eigenvalue weighted by Gasteiger charge is 2.40. The highest BCUT2D eigenvalue weighted by molar-refractivity contribution is 5.97. The molecule has 1 fully saturated rings. The van der Waals surface area contributed by atoms with E-state index in [1.165, 1.54) is 0 Å². The topological polar surface area (TPSA) is 40.5 Å². The van der Waals surface area contributed by atoms with Gasteiger partial charge in [0.25, 0.3) is 0 Å². The Bertz CT molecular complexity index is 582. The van der Waals surface area contributed by atoms with E-state index >= 15 is 0 Å². The number of aliphatic hydroxyl groups is 1. The molecule has 1 N–H and O–H groups in total. The molecule has 2 atom stereocenters. The molecule has 0 aromatic heterocycles. The summed E-state index contributed by atoms with van der Waals surface area (Å²) in [5.74, 6) is 0.123. The van der Waals surface area contributed by atoms with Gasteiger partial charge in [0.1, 0.15) is 0 Å². The molecule has 1 aliphatic rings. The first kappa shape index (κ1) is 12.9. The van der Waals surface area contributed by atoms with Gasteiger partial charge in [0, 0.05) is 18.0 Å². The van der Waals surface area contributed by atoms with Gasteiger partial charge in [-0.25, -0.2) is 0 Å². The van der Waals surface area contributed by atoms with E-state index in [9.17, 15) is 9.90 Å². The van der Waals surface area contributed by atoms with Gasteiger partial charge in [-0.1, -0.05) is 48.5 Å². The highest BCUT2D eigenvalue weighted by Crippen LogP contribution is 2.37. The zero-order valence-electron chi connectivity index (χ0n) is 11.1. The zero-order valence-corrected chi connectivity index (χ0v) is 11.1. The van der Waals surface area contributed by atoms with Crippen LogP contribution in [0.2, 0.25) is 0 Å². The van der Waals surface area contributed by atoms with Crippen LogP contribution >= 0.6 is 0 Å². The van der Waals surface area contributed by atoms with Gasteiger partial charge in [-0.15, -0.1) is 0 Å². The average Bonchev–Trinajstić information content (AvgIpc) is 2.85. The number of carbonyl (C=O) groups excluding carboxylic acids is 1. The van der Waals surface area contributed by atoms with Crippen molar-refractivity contribution >= 4 is 11.6 Å². The van der Waals surface area contributed by atoms with Crippen LogP contribution in [0, 0.1) is 0 Å². The summed E-state index contributed by atoms with van der Waals surface area (Å²) in [5, 5.41) is 9.75. The standard InChI is InChI=1S/C17H17NO2/c19-12-16-15(13-7-3-1-4-8-13)11-17(20)18(16)14-9-5-2-6-10-14/h1-10,15-16,19H,11-12H2/t15-,16-/m0/s1. The average molecular weight is 267 g/mol. The van der Waals surface area contributed by atoms with Crippen molar-refractivity contribution in [3.8, 4) is 0 Å². The summed E-state index contributed by atoms with van der Waals surface area (Å²) in [6.07, 6.45) is 0.449. The molecule has 20 heavy (non-hydrogen) atoms. The molecule has 3 nitrogen and oxygen atoms in total. The fourth-order valence-electron chi connectivity index (χ4n) is 2.96. The molecule has 1 aliphatic heterocycles. The third kappa shape index (κ3) is 2.21. The molecular weight excluding hydrogens is 250 g/mol. The Balaban J connectivity index is 1.96. The number of rotatable bonds is 3. The molecule has 1 heterocycles. The summed E-state index contributed by atoms with van der Waals surface area (Å²) in [5.41, 5.74) is 1.97. The van der Waals surface area contributed by atoms with Crippen LogP contribution in [-0.2, 0) is 4.79 Å². The lowest BCUT2D eigenvalue weighted by molar-refractivity contribution is -0.117. The summed E-state index contributed by atoms with van der Waals surface area (Å²) in [6, 6.07) is 19.3. The smallest absolute Gasteiger partial charge is 0.228 e. The number of hydrogen-bond donors (Lipinski definition) is 1. The molecule has 0 radical (unpaired) electrons. The second kappa shape index (κ2) is 5.47. The van der Waals surface area contributed by atoms with Gasteiger partial charge < -0.3 is 10.0 Å². The molecular formula is C17H17NO2. The summed E-state index contributed by atoms with van der Waals surface area (Å²) in [4.78, 5) is 14.1. The van der Waals surface area contributed by atoms with Crippen LogP contribution in [0.3, 0.4) is 0 Å². The third-order valence-corrected chi connectivity index (χ3v) is 3.91. The van der Waals surface area contributed by atoms with Gasteiger partial charge in [0.2, 0.25) is 5.91 Å². The quantitative estimate of drug-likeness (QED) is 0.928. The number of para-hydroxylation sites is 1. The van der Waals surface area contributed by atoms with Crippen LogP contribution in [0.4, 0.5) is 5.69 Å². The van der Waals surface area contributed by atoms with E-state index in [0.717, 1.165) is 11.3 Å². The maximum Gasteiger partial charge on any atom is 0.228 e. The van der Waals surface area contributed by atoms with Gasteiger partial charge in [-0.05, 0) is 17.7 Å². The largest absolute Gasteiger partial charge is 0.394 e. The molecule has 1 saturated heterocycles. The first-order valence-corrected chi connectivity index (χ1v) is 6.84. The molecule has 0 saturated carbocycles. The highest BCUT2D eigenvalue weighted by atomic mass is 16.3. The van der Waals surface area contributed by atoms with E-state index in [2.05, 4.69) is 0 Å². The van der Waals surface area contributed by atoms with Crippen molar-refractivity contribution in [2.75, 3.05) is 11.5 Å². The lowest BCUT2D eigenvalue weighted by Gasteiger charge is -2.26. The van der Waals surface area contributed by atoms with Gasteiger partial charge in [0.05, 0.1) is 12.6 Å². The lowest BCUT2D eigenvalue weighted by atomic mass is 9.92. The summed E-state index contributed by atoms with van der Waals surface area (Å²) in [7, 11) is 0. The minimum atomic E-state index is -0.188. The van der Waals surface area contributed by atoms with Crippen LogP contribution in [0.5, 0.6) is 0 Å². The van der Waals surface area contributed by atoms with E-state index in [1.54, 1.807) is 4.90 Å². The van der Waals surface area contributed by atoms with Crippen molar-refractivity contribution in [2.24, 2.45) is 0 Å². The monoisotopic (exact) mass is 267 g/mol. The van der Waals surface area contributed by atoms with Gasteiger partial charge in [-0.2, -0.15) is 0 Å². The molecule has 0 bridgehead atoms. The normalized spacial score (nSPS) is 22.2. The van der Waals surface area contributed by atoms with E-state index in [1.807, 2.05) is 60.7 Å². The molecule has 0 spiro atoms. The SMILES string of the molecule is O=C1C[C@@H](c2ccccc2)[C@H](CO)N1c1ccccc1. The van der Waals surface area contributed by atoms with Gasteiger partial charge in [0.15, 0.2) is 0 Å². The van der Waals surface area contributed by atoms with Crippen LogP contribution in [-0.4, -0.2) is 23.7 Å². The van der Waals surface area contributed by atoms with E-state index in [4.69, 9.17) is 0 Å². The molecule has 0 unspecified atom stereocenters. The Hall–Kier alpha value is -2.13. The Morgan fingerprint density at radius 1 is 1.00 bits per heavy atom. The number of aliphatic hydroxyl groups excluding tert-OH is 1. The minimum Gasteiger partial charge on any atom is -0.394 e. The Kier molecular flexibility index (Phi) is 3.52. The number of carbonyl (C=O) groups is 1. The molecule has 2 aromatic rings. The summed E-state index contributed by atoms with van der Waals surface area (Å²) >= 11 is 0. The second-order valence-electron chi connectivity index (χ2n) is 5.07. The number of hydrogen-bond acceptors (Lipinski definition) is 2. The van der Waals surface area contributed by atoms with E-state index in [0.29, 0.717) is 6.42 Å². The first-order valence-electron chi connectivity index (χ1n) is 6.84. The predicted molar refractivity (Wildman–Crippen MR) is 78.6 cm³/mol. The van der Waals surface area contributed by atoms with Gasteiger partial charge in [-0.3, -0.25) is 4.79 Å². The number of amides is 1. The predicted octanol–water partition coefficient (Wildman–Crippen LogP) is 2.57. The zero-order chi connectivity index (χ0) is 13.9. The maximum absolute atomic E-state index is 12.3. The number of nitrogens with zero attached hydrogens (tertiary/aromatic N) is 1. The van der Waals surface area contributed by atoms with Crippen molar-refractivity contribution in [3.63, 3.8) is 0 Å². The molecule has 2 aromatic carbocycles. The third-order valence-electron chi connectivity index (χ3n) is 3.91. The van der Waals surface area contributed by atoms with Crippen LogP contribution in [0.1, 0.15) is 17.9 Å². The summed E-state index contributed by atoms with van der Waals surface area (Å²) < 4.78 is 0. The maximum atomic E-state index is 12.3. The van der Waals surface area contributed by atoms with E-state index in [-0.39, 0.29) is 24.5 Å².